The largest absolute Gasteiger partial charge is 0.394 e. The summed E-state index contributed by atoms with van der Waals surface area (Å²) in [4.78, 5) is 17.2. The average molecular weight is 663 g/mol. The Morgan fingerprint density at radius 1 is 0.978 bits per heavy atom. The van der Waals surface area contributed by atoms with Gasteiger partial charge in [0.05, 0.1) is 43.0 Å². The fourth-order valence-electron chi connectivity index (χ4n) is 6.81. The van der Waals surface area contributed by atoms with Gasteiger partial charge in [0.15, 0.2) is 24.3 Å². The van der Waals surface area contributed by atoms with Crippen molar-refractivity contribution >= 4 is 11.7 Å². The van der Waals surface area contributed by atoms with Crippen molar-refractivity contribution < 1.29 is 54.4 Å². The number of nitrogens with zero attached hydrogens (tertiary/aromatic N) is 1. The predicted molar refractivity (Wildman–Crippen MR) is 158 cm³/mol. The molecule has 3 aliphatic heterocycles. The second-order valence-corrected chi connectivity index (χ2v) is 13.2. The number of ether oxygens (including phenoxy) is 4. The molecule has 5 rings (SSSR count). The maximum Gasteiger partial charge on any atom is 0.186 e. The van der Waals surface area contributed by atoms with Crippen LogP contribution in [-0.4, -0.2) is 166 Å². The number of aliphatic hydroxyl groups is 6. The highest BCUT2D eigenvalue weighted by Gasteiger charge is 2.60. The zero-order valence-corrected chi connectivity index (χ0v) is 25.5. The SMILES string of the molecule is NC[C@H]1O[C@H](O[C@H]2[C@H](O)[C@@H](O[C@H]3O[C@H](CO)[C@@H](O)[C@H](N)[C@H]3O)[C@H](CC(=O)C3(O)CC3N=C(N)N)C[C@@H]2N)[C@H](NC2CNC2)C[C@@H]1O. The maximum absolute atomic E-state index is 13.3. The number of ketones is 1. The van der Waals surface area contributed by atoms with Gasteiger partial charge >= 0.3 is 0 Å². The summed E-state index contributed by atoms with van der Waals surface area (Å²) in [6.07, 6.45) is -12.2. The first-order valence-electron chi connectivity index (χ1n) is 15.7. The van der Waals surface area contributed by atoms with Gasteiger partial charge in [0.2, 0.25) is 0 Å². The molecule has 0 aromatic rings. The lowest BCUT2D eigenvalue weighted by Gasteiger charge is -2.49. The Morgan fingerprint density at radius 2 is 1.65 bits per heavy atom. The summed E-state index contributed by atoms with van der Waals surface area (Å²) >= 11 is 0. The summed E-state index contributed by atoms with van der Waals surface area (Å²) < 4.78 is 24.1. The molecule has 19 nitrogen and oxygen atoms in total. The number of nitrogens with two attached hydrogens (primary N) is 5. The normalized spacial score (nSPS) is 48.0. The summed E-state index contributed by atoms with van der Waals surface area (Å²) in [6, 6.07) is -3.31. The number of aliphatic hydroxyl groups excluding tert-OH is 5. The quantitative estimate of drug-likeness (QED) is 0.0681. The molecule has 2 unspecified atom stereocenters. The van der Waals surface area contributed by atoms with E-state index in [4.69, 9.17) is 47.6 Å². The molecule has 0 spiro atoms. The van der Waals surface area contributed by atoms with Gasteiger partial charge in [-0.15, -0.1) is 0 Å². The van der Waals surface area contributed by atoms with Crippen LogP contribution < -0.4 is 39.3 Å². The molecule has 16 atom stereocenters. The molecule has 3 heterocycles. The number of aliphatic imine (C=N–C) groups is 1. The molecule has 5 fully saturated rings. The molecule has 3 saturated heterocycles. The van der Waals surface area contributed by atoms with Crippen LogP contribution in [0.4, 0.5) is 0 Å². The Kier molecular flexibility index (Phi) is 11.2. The number of rotatable bonds is 12. The van der Waals surface area contributed by atoms with Crippen molar-refractivity contribution in [2.75, 3.05) is 26.2 Å². The van der Waals surface area contributed by atoms with Gasteiger partial charge in [0, 0.05) is 44.6 Å². The van der Waals surface area contributed by atoms with E-state index in [1.807, 2.05) is 0 Å². The number of hydrogen-bond donors (Lipinski definition) is 13. The van der Waals surface area contributed by atoms with Crippen molar-refractivity contribution in [2.24, 2.45) is 39.6 Å². The van der Waals surface area contributed by atoms with E-state index in [1.165, 1.54) is 0 Å². The fourth-order valence-corrected chi connectivity index (χ4v) is 6.81. The van der Waals surface area contributed by atoms with E-state index in [0.29, 0.717) is 13.1 Å². The topological polar surface area (TPSA) is 342 Å². The van der Waals surface area contributed by atoms with Gasteiger partial charge in [-0.2, -0.15) is 0 Å². The van der Waals surface area contributed by atoms with Gasteiger partial charge < -0.3 is 88.9 Å². The lowest BCUT2D eigenvalue weighted by Crippen LogP contribution is -2.67. The molecule has 2 aliphatic carbocycles. The van der Waals surface area contributed by atoms with Crippen LogP contribution in [0.1, 0.15) is 25.7 Å². The van der Waals surface area contributed by atoms with E-state index >= 15 is 0 Å². The van der Waals surface area contributed by atoms with Gasteiger partial charge in [0.25, 0.3) is 0 Å². The Hall–Kier alpha value is -1.66. The summed E-state index contributed by atoms with van der Waals surface area (Å²) in [7, 11) is 0. The van der Waals surface area contributed by atoms with Gasteiger partial charge in [-0.3, -0.25) is 4.79 Å². The number of carbonyl (C=O) groups excluding carboxylic acids is 1. The van der Waals surface area contributed by atoms with Crippen molar-refractivity contribution in [1.29, 1.82) is 0 Å². The smallest absolute Gasteiger partial charge is 0.186 e. The Labute approximate surface area is 265 Å². The lowest BCUT2D eigenvalue weighted by molar-refractivity contribution is -0.320. The van der Waals surface area contributed by atoms with Crippen molar-refractivity contribution in [3.05, 3.63) is 0 Å². The van der Waals surface area contributed by atoms with Crippen LogP contribution in [0.3, 0.4) is 0 Å². The van der Waals surface area contributed by atoms with Crippen molar-refractivity contribution in [1.82, 2.24) is 10.6 Å². The third-order valence-corrected chi connectivity index (χ3v) is 9.81. The molecule has 0 aromatic heterocycles. The molecule has 19 heteroatoms. The highest BCUT2D eigenvalue weighted by atomic mass is 16.7. The zero-order chi connectivity index (χ0) is 33.5. The first-order chi connectivity index (χ1) is 21.8. The predicted octanol–water partition coefficient (Wildman–Crippen LogP) is -7.67. The number of guanidine groups is 1. The number of hydrogen-bond acceptors (Lipinski definition) is 17. The minimum Gasteiger partial charge on any atom is -0.394 e. The van der Waals surface area contributed by atoms with Crippen molar-refractivity contribution in [3.63, 3.8) is 0 Å². The minimum atomic E-state index is -1.81. The molecule has 264 valence electrons. The van der Waals surface area contributed by atoms with Crippen molar-refractivity contribution in [3.8, 4) is 0 Å². The average Bonchev–Trinajstić information content (AvgIpc) is 3.64. The Balaban J connectivity index is 1.37. The third kappa shape index (κ3) is 7.33. The van der Waals surface area contributed by atoms with Gasteiger partial charge in [-0.25, -0.2) is 4.99 Å². The van der Waals surface area contributed by atoms with E-state index < -0.39 is 109 Å². The second-order valence-electron chi connectivity index (χ2n) is 13.2. The second kappa shape index (κ2) is 14.4. The zero-order valence-electron chi connectivity index (χ0n) is 25.5. The Bertz CT molecular complexity index is 1090. The van der Waals surface area contributed by atoms with Crippen LogP contribution in [0.2, 0.25) is 0 Å². The highest BCUT2D eigenvalue weighted by molar-refractivity contribution is 5.92. The van der Waals surface area contributed by atoms with Crippen molar-refractivity contribution in [2.45, 2.75) is 123 Å². The van der Waals surface area contributed by atoms with Crippen LogP contribution in [0.25, 0.3) is 0 Å². The van der Waals surface area contributed by atoms with E-state index in [1.54, 1.807) is 0 Å². The van der Waals surface area contributed by atoms with Gasteiger partial charge in [-0.1, -0.05) is 0 Å². The lowest BCUT2D eigenvalue weighted by atomic mass is 9.76. The summed E-state index contributed by atoms with van der Waals surface area (Å²) in [5.41, 5.74) is 27.4. The number of carbonyl (C=O) groups is 1. The third-order valence-electron chi connectivity index (χ3n) is 9.81. The molecule has 0 radical (unpaired) electrons. The fraction of sp³-hybridized carbons (Fsp3) is 0.926. The molecule has 0 bridgehead atoms. The standard InChI is InChI=1S/C27H50N8O11/c28-5-14-13(37)3-12(34-10-6-33-7-10)24(43-14)46-23-11(29)1-9(2-17(38)27(42)4-16(27)35-26(31)32)22(21(23)41)45-25-20(40)18(30)19(39)15(8-36)44-25/h9-16,18-25,33-34,36-37,39-42H,1-8,28-30H2,(H4,31,32,35)/t9-,11-,12+,13-,14+,15+,16?,18-,19+,20+,21+,22-,23+,24+,25+,27?/m0/s1. The van der Waals surface area contributed by atoms with Gasteiger partial charge in [0.1, 0.15) is 36.1 Å². The molecular weight excluding hydrogens is 612 g/mol. The highest BCUT2D eigenvalue weighted by Crippen LogP contribution is 2.43. The Morgan fingerprint density at radius 3 is 2.26 bits per heavy atom. The molecular formula is C27H50N8O11. The van der Waals surface area contributed by atoms with Gasteiger partial charge in [-0.05, 0) is 18.8 Å². The molecule has 5 aliphatic rings. The van der Waals surface area contributed by atoms with E-state index in [-0.39, 0.29) is 44.2 Å². The van der Waals surface area contributed by atoms with Crippen LogP contribution in [0.5, 0.6) is 0 Å². The molecule has 2 saturated carbocycles. The molecule has 18 N–H and O–H groups in total. The summed E-state index contributed by atoms with van der Waals surface area (Å²) in [6.45, 7) is 0.808. The summed E-state index contributed by atoms with van der Waals surface area (Å²) in [5, 5.41) is 70.6. The van der Waals surface area contributed by atoms with E-state index in [2.05, 4.69) is 15.6 Å². The van der Waals surface area contributed by atoms with Crippen LogP contribution in [0, 0.1) is 5.92 Å². The first-order valence-corrected chi connectivity index (χ1v) is 15.7. The van der Waals surface area contributed by atoms with E-state index in [0.717, 1.165) is 0 Å². The van der Waals surface area contributed by atoms with E-state index in [9.17, 15) is 35.4 Å². The number of nitrogens with one attached hydrogen (secondary N) is 2. The number of Topliss-reactive ketones (excluding diaryl/α,β-unsaturated/α-hetero) is 1. The molecule has 0 amide bonds. The minimum absolute atomic E-state index is 0.00970. The monoisotopic (exact) mass is 662 g/mol. The van der Waals surface area contributed by atoms with Crippen LogP contribution in [-0.2, 0) is 23.7 Å². The van der Waals surface area contributed by atoms with Crippen LogP contribution in [0.15, 0.2) is 4.99 Å². The van der Waals surface area contributed by atoms with Crippen LogP contribution >= 0.6 is 0 Å². The first kappa shape index (κ1) is 35.6. The maximum atomic E-state index is 13.3. The molecule has 0 aromatic carbocycles. The summed E-state index contributed by atoms with van der Waals surface area (Å²) in [5.74, 6) is -1.70. The molecule has 46 heavy (non-hydrogen) atoms.